The summed E-state index contributed by atoms with van der Waals surface area (Å²) < 4.78 is 42.2. The van der Waals surface area contributed by atoms with E-state index in [-0.39, 0.29) is 30.8 Å². The molecule has 1 unspecified atom stereocenters. The third kappa shape index (κ3) is 5.65. The highest BCUT2D eigenvalue weighted by Crippen LogP contribution is 2.24. The molecule has 1 fully saturated rings. The first-order chi connectivity index (χ1) is 16.3. The number of aromatic nitrogens is 1. The molecule has 0 saturated carbocycles. The summed E-state index contributed by atoms with van der Waals surface area (Å²) in [6.45, 7) is -0.644. The number of pyridine rings is 1. The van der Waals surface area contributed by atoms with E-state index >= 15 is 0 Å². The molecule has 0 bridgehead atoms. The number of carbonyl (C=O) groups excluding carboxylic acids is 2. The van der Waals surface area contributed by atoms with Crippen LogP contribution in [0.3, 0.4) is 0 Å². The Bertz CT molecular complexity index is 1180. The molecule has 0 aliphatic carbocycles. The maximum atomic E-state index is 13.2. The topological polar surface area (TPSA) is 71.5 Å². The fraction of sp³-hybridized carbons (Fsp3) is 0.320. The van der Waals surface area contributed by atoms with Crippen molar-refractivity contribution in [1.82, 2.24) is 15.2 Å². The van der Waals surface area contributed by atoms with E-state index in [1.807, 2.05) is 36.4 Å². The van der Waals surface area contributed by atoms with Gasteiger partial charge < -0.3 is 15.0 Å². The van der Waals surface area contributed by atoms with Crippen LogP contribution in [0.5, 0.6) is 5.88 Å². The summed E-state index contributed by atoms with van der Waals surface area (Å²) in [5.74, 6) is -0.967. The van der Waals surface area contributed by atoms with Crippen LogP contribution in [-0.4, -0.2) is 47.6 Å². The van der Waals surface area contributed by atoms with Gasteiger partial charge in [-0.05, 0) is 35.7 Å². The van der Waals surface area contributed by atoms with Gasteiger partial charge >= 0.3 is 6.18 Å². The maximum absolute atomic E-state index is 13.2. The number of benzene rings is 2. The number of ether oxygens (including phenoxy) is 1. The molecular formula is C25H24F3N3O3. The number of nitrogens with one attached hydrogen (secondary N) is 1. The molecule has 3 aromatic rings. The second kappa shape index (κ2) is 10.1. The van der Waals surface area contributed by atoms with Gasteiger partial charge in [-0.15, -0.1) is 0 Å². The van der Waals surface area contributed by atoms with E-state index in [2.05, 4.69) is 10.3 Å². The van der Waals surface area contributed by atoms with Crippen LogP contribution in [-0.2, 0) is 11.3 Å². The van der Waals surface area contributed by atoms with Crippen molar-refractivity contribution in [2.45, 2.75) is 25.6 Å². The van der Waals surface area contributed by atoms with Gasteiger partial charge in [0.15, 0.2) is 6.61 Å². The number of nitrogens with zero attached hydrogens (tertiary/aromatic N) is 2. The van der Waals surface area contributed by atoms with Gasteiger partial charge in [0.2, 0.25) is 11.8 Å². The van der Waals surface area contributed by atoms with Gasteiger partial charge in [0.25, 0.3) is 5.91 Å². The Kier molecular flexibility index (Phi) is 7.00. The number of likely N-dealkylation sites (tertiary alicyclic amines) is 1. The monoisotopic (exact) mass is 471 g/mol. The molecule has 34 heavy (non-hydrogen) atoms. The van der Waals surface area contributed by atoms with Crippen molar-refractivity contribution in [2.24, 2.45) is 5.92 Å². The molecular weight excluding hydrogens is 447 g/mol. The average Bonchev–Trinajstić information content (AvgIpc) is 2.85. The van der Waals surface area contributed by atoms with Crippen molar-refractivity contribution in [1.29, 1.82) is 0 Å². The van der Waals surface area contributed by atoms with Crippen LogP contribution < -0.4 is 10.1 Å². The van der Waals surface area contributed by atoms with Gasteiger partial charge in [-0.3, -0.25) is 9.59 Å². The van der Waals surface area contributed by atoms with E-state index in [9.17, 15) is 22.8 Å². The van der Waals surface area contributed by atoms with Crippen LogP contribution in [0.4, 0.5) is 13.2 Å². The lowest BCUT2D eigenvalue weighted by atomic mass is 9.95. The molecule has 1 saturated heterocycles. The Hall–Kier alpha value is -3.62. The quantitative estimate of drug-likeness (QED) is 0.581. The van der Waals surface area contributed by atoms with Crippen LogP contribution in [0.15, 0.2) is 60.8 Å². The van der Waals surface area contributed by atoms with Crippen molar-refractivity contribution >= 4 is 22.6 Å². The second-order valence-corrected chi connectivity index (χ2v) is 8.21. The Morgan fingerprint density at radius 1 is 1.09 bits per heavy atom. The summed E-state index contributed by atoms with van der Waals surface area (Å²) in [7, 11) is 0. The molecule has 0 spiro atoms. The molecule has 1 atom stereocenters. The largest absolute Gasteiger partial charge is 0.468 e. The molecule has 6 nitrogen and oxygen atoms in total. The minimum atomic E-state index is -4.49. The number of rotatable bonds is 6. The highest BCUT2D eigenvalue weighted by atomic mass is 19.4. The Labute approximate surface area is 194 Å². The maximum Gasteiger partial charge on any atom is 0.422 e. The van der Waals surface area contributed by atoms with Crippen LogP contribution in [0.2, 0.25) is 0 Å². The molecule has 2 amide bonds. The third-order valence-corrected chi connectivity index (χ3v) is 5.78. The number of amides is 2. The van der Waals surface area contributed by atoms with E-state index in [1.54, 1.807) is 23.1 Å². The van der Waals surface area contributed by atoms with Gasteiger partial charge in [-0.25, -0.2) is 4.98 Å². The van der Waals surface area contributed by atoms with E-state index in [1.165, 1.54) is 6.20 Å². The normalized spacial score (nSPS) is 16.3. The van der Waals surface area contributed by atoms with Gasteiger partial charge in [0.1, 0.15) is 0 Å². The van der Waals surface area contributed by atoms with E-state index in [0.717, 1.165) is 10.8 Å². The van der Waals surface area contributed by atoms with Crippen molar-refractivity contribution < 1.29 is 27.5 Å². The summed E-state index contributed by atoms with van der Waals surface area (Å²) in [6, 6.07) is 16.4. The van der Waals surface area contributed by atoms with Crippen molar-refractivity contribution in [3.63, 3.8) is 0 Å². The van der Waals surface area contributed by atoms with Crippen molar-refractivity contribution in [3.8, 4) is 5.88 Å². The SMILES string of the molecule is O=C(NCc1cccnc1OCC(F)(F)F)C1CCCN(C(=O)c2cccc3ccccc23)C1. The first-order valence-electron chi connectivity index (χ1n) is 11.0. The molecule has 2 heterocycles. The second-order valence-electron chi connectivity index (χ2n) is 8.21. The van der Waals surface area contributed by atoms with Crippen molar-refractivity contribution in [3.05, 3.63) is 71.9 Å². The summed E-state index contributed by atoms with van der Waals surface area (Å²) in [5.41, 5.74) is 0.945. The Balaban J connectivity index is 1.39. The summed E-state index contributed by atoms with van der Waals surface area (Å²) in [6.07, 6.45) is -1.85. The fourth-order valence-corrected chi connectivity index (χ4v) is 4.12. The molecule has 0 radical (unpaired) electrons. The minimum absolute atomic E-state index is 0.0202. The number of alkyl halides is 3. The average molecular weight is 471 g/mol. The van der Waals surface area contributed by atoms with Gasteiger partial charge in [0, 0.05) is 37.0 Å². The first kappa shape index (κ1) is 23.5. The number of piperidine rings is 1. The lowest BCUT2D eigenvalue weighted by Gasteiger charge is -2.32. The lowest BCUT2D eigenvalue weighted by molar-refractivity contribution is -0.154. The molecule has 1 aliphatic heterocycles. The summed E-state index contributed by atoms with van der Waals surface area (Å²) in [5, 5.41) is 4.59. The highest BCUT2D eigenvalue weighted by Gasteiger charge is 2.31. The first-order valence-corrected chi connectivity index (χ1v) is 11.0. The number of hydrogen-bond acceptors (Lipinski definition) is 4. The molecule has 2 aromatic carbocycles. The number of halogens is 3. The Morgan fingerprint density at radius 2 is 1.88 bits per heavy atom. The number of hydrogen-bond donors (Lipinski definition) is 1. The fourth-order valence-electron chi connectivity index (χ4n) is 4.12. The minimum Gasteiger partial charge on any atom is -0.468 e. The van der Waals surface area contributed by atoms with Crippen LogP contribution in [0.25, 0.3) is 10.8 Å². The highest BCUT2D eigenvalue weighted by molar-refractivity contribution is 6.07. The zero-order valence-electron chi connectivity index (χ0n) is 18.3. The summed E-state index contributed by atoms with van der Waals surface area (Å²) in [4.78, 5) is 31.6. The molecule has 1 aromatic heterocycles. The Morgan fingerprint density at radius 3 is 2.71 bits per heavy atom. The predicted molar refractivity (Wildman–Crippen MR) is 120 cm³/mol. The van der Waals surface area contributed by atoms with E-state index in [4.69, 9.17) is 4.74 Å². The zero-order chi connectivity index (χ0) is 24.1. The predicted octanol–water partition coefficient (Wildman–Crippen LogP) is 4.34. The van der Waals surface area contributed by atoms with E-state index < -0.39 is 18.7 Å². The summed E-state index contributed by atoms with van der Waals surface area (Å²) >= 11 is 0. The molecule has 178 valence electrons. The van der Waals surface area contributed by atoms with Crippen LogP contribution >= 0.6 is 0 Å². The zero-order valence-corrected chi connectivity index (χ0v) is 18.3. The van der Waals surface area contributed by atoms with Crippen LogP contribution in [0, 0.1) is 5.92 Å². The van der Waals surface area contributed by atoms with Crippen LogP contribution in [0.1, 0.15) is 28.8 Å². The van der Waals surface area contributed by atoms with Gasteiger partial charge in [-0.1, -0.05) is 42.5 Å². The number of fused-ring (bicyclic) bond motifs is 1. The third-order valence-electron chi connectivity index (χ3n) is 5.78. The van der Waals surface area contributed by atoms with Gasteiger partial charge in [-0.2, -0.15) is 13.2 Å². The van der Waals surface area contributed by atoms with Gasteiger partial charge in [0.05, 0.1) is 5.92 Å². The molecule has 9 heteroatoms. The molecule has 1 N–H and O–H groups in total. The van der Waals surface area contributed by atoms with Crippen molar-refractivity contribution in [2.75, 3.05) is 19.7 Å². The standard InChI is InChI=1S/C25H24F3N3O3/c26-25(27,28)16-34-23-18(8-4-12-29-23)14-30-22(32)19-9-5-13-31(15-19)24(33)21-11-3-7-17-6-1-2-10-20(17)21/h1-4,6-8,10-12,19H,5,9,13-16H2,(H,30,32). The van der Waals surface area contributed by atoms with E-state index in [0.29, 0.717) is 30.5 Å². The smallest absolute Gasteiger partial charge is 0.422 e. The lowest BCUT2D eigenvalue weighted by Crippen LogP contribution is -2.45. The number of carbonyl (C=O) groups is 2. The molecule has 1 aliphatic rings. The molecule has 4 rings (SSSR count).